The average Bonchev–Trinajstić information content (AvgIpc) is 2.33. The van der Waals surface area contributed by atoms with E-state index in [4.69, 9.17) is 22.1 Å². The van der Waals surface area contributed by atoms with Gasteiger partial charge in [-0.25, -0.2) is 0 Å². The average molecular weight is 240 g/mol. The van der Waals surface area contributed by atoms with Gasteiger partial charge in [-0.15, -0.1) is 0 Å². The standard InChI is InChI=1S/C13H18ClNO/c1-9-2-3-11(8-12(9)14)13(15)10-4-6-16-7-5-10/h2-3,8,10,13H,4-7,15H2,1H3/t13-/m0/s1. The summed E-state index contributed by atoms with van der Waals surface area (Å²) in [6, 6.07) is 6.21. The Morgan fingerprint density at radius 2 is 2.06 bits per heavy atom. The summed E-state index contributed by atoms with van der Waals surface area (Å²) in [5, 5.41) is 0.806. The van der Waals surface area contributed by atoms with Crippen molar-refractivity contribution in [1.82, 2.24) is 0 Å². The summed E-state index contributed by atoms with van der Waals surface area (Å²) in [5.74, 6) is 0.521. The third kappa shape index (κ3) is 2.57. The Morgan fingerprint density at radius 1 is 1.38 bits per heavy atom. The predicted octanol–water partition coefficient (Wildman–Crippen LogP) is 3.07. The number of rotatable bonds is 2. The zero-order chi connectivity index (χ0) is 11.5. The number of ether oxygens (including phenoxy) is 1. The fourth-order valence-electron chi connectivity index (χ4n) is 2.16. The van der Waals surface area contributed by atoms with Crippen LogP contribution in [0.1, 0.15) is 30.0 Å². The van der Waals surface area contributed by atoms with Crippen LogP contribution in [0, 0.1) is 12.8 Å². The Kier molecular flexibility index (Phi) is 3.85. The maximum absolute atomic E-state index is 6.27. The van der Waals surface area contributed by atoms with Gasteiger partial charge in [-0.05, 0) is 42.9 Å². The van der Waals surface area contributed by atoms with Crippen LogP contribution in [0.15, 0.2) is 18.2 Å². The van der Waals surface area contributed by atoms with Gasteiger partial charge in [0.25, 0.3) is 0 Å². The Hall–Kier alpha value is -0.570. The van der Waals surface area contributed by atoms with Crippen LogP contribution in [0.5, 0.6) is 0 Å². The van der Waals surface area contributed by atoms with E-state index < -0.39 is 0 Å². The molecule has 1 aromatic rings. The first-order valence-electron chi connectivity index (χ1n) is 5.78. The largest absolute Gasteiger partial charge is 0.381 e. The van der Waals surface area contributed by atoms with E-state index in [1.165, 1.54) is 0 Å². The molecule has 1 heterocycles. The van der Waals surface area contributed by atoms with Gasteiger partial charge in [-0.3, -0.25) is 0 Å². The molecule has 1 aliphatic rings. The Morgan fingerprint density at radius 3 is 2.69 bits per heavy atom. The monoisotopic (exact) mass is 239 g/mol. The third-order valence-electron chi connectivity index (χ3n) is 3.35. The molecule has 0 bridgehead atoms. The second kappa shape index (κ2) is 5.17. The normalized spacial score (nSPS) is 19.7. The van der Waals surface area contributed by atoms with Gasteiger partial charge in [0.05, 0.1) is 0 Å². The molecule has 1 atom stereocenters. The van der Waals surface area contributed by atoms with Crippen LogP contribution in [0.2, 0.25) is 5.02 Å². The smallest absolute Gasteiger partial charge is 0.0469 e. The summed E-state index contributed by atoms with van der Waals surface area (Å²) < 4.78 is 5.35. The maximum atomic E-state index is 6.27. The van der Waals surface area contributed by atoms with Crippen molar-refractivity contribution >= 4 is 11.6 Å². The highest BCUT2D eigenvalue weighted by atomic mass is 35.5. The van der Waals surface area contributed by atoms with Crippen LogP contribution < -0.4 is 5.73 Å². The Balaban J connectivity index is 2.12. The van der Waals surface area contributed by atoms with Crippen LogP contribution in [0.3, 0.4) is 0 Å². The highest BCUT2D eigenvalue weighted by Gasteiger charge is 2.22. The summed E-state index contributed by atoms with van der Waals surface area (Å²) in [5.41, 5.74) is 8.52. The highest BCUT2D eigenvalue weighted by Crippen LogP contribution is 2.30. The van der Waals surface area contributed by atoms with Crippen LogP contribution in [-0.4, -0.2) is 13.2 Å². The van der Waals surface area contributed by atoms with Crippen molar-refractivity contribution in [1.29, 1.82) is 0 Å². The molecule has 16 heavy (non-hydrogen) atoms. The molecule has 0 saturated carbocycles. The van der Waals surface area contributed by atoms with Gasteiger partial charge in [0.15, 0.2) is 0 Å². The van der Waals surface area contributed by atoms with Crippen LogP contribution in [-0.2, 0) is 4.74 Å². The van der Waals surface area contributed by atoms with E-state index in [2.05, 4.69) is 6.07 Å². The van der Waals surface area contributed by atoms with Crippen LogP contribution >= 0.6 is 11.6 Å². The molecule has 1 aliphatic heterocycles. The van der Waals surface area contributed by atoms with Crippen molar-refractivity contribution in [2.45, 2.75) is 25.8 Å². The Bertz CT molecular complexity index is 361. The second-order valence-corrected chi connectivity index (χ2v) is 4.89. The van der Waals surface area contributed by atoms with E-state index in [0.717, 1.165) is 42.2 Å². The summed E-state index contributed by atoms with van der Waals surface area (Å²) >= 11 is 6.12. The summed E-state index contributed by atoms with van der Waals surface area (Å²) in [7, 11) is 0. The first-order chi connectivity index (χ1) is 7.68. The molecular weight excluding hydrogens is 222 g/mol. The van der Waals surface area contributed by atoms with Crippen molar-refractivity contribution in [3.63, 3.8) is 0 Å². The third-order valence-corrected chi connectivity index (χ3v) is 3.76. The molecule has 0 aliphatic carbocycles. The van der Waals surface area contributed by atoms with E-state index in [-0.39, 0.29) is 6.04 Å². The lowest BCUT2D eigenvalue weighted by molar-refractivity contribution is 0.0584. The molecular formula is C13H18ClNO. The van der Waals surface area contributed by atoms with E-state index in [1.54, 1.807) is 0 Å². The summed E-state index contributed by atoms with van der Waals surface area (Å²) in [6.45, 7) is 3.67. The summed E-state index contributed by atoms with van der Waals surface area (Å²) in [4.78, 5) is 0. The SMILES string of the molecule is Cc1ccc([C@@H](N)C2CCOCC2)cc1Cl. The molecule has 0 radical (unpaired) electrons. The number of hydrogen-bond acceptors (Lipinski definition) is 2. The molecule has 0 spiro atoms. The van der Waals surface area contributed by atoms with Gasteiger partial charge >= 0.3 is 0 Å². The molecule has 0 amide bonds. The van der Waals surface area contributed by atoms with Crippen molar-refractivity contribution in [3.05, 3.63) is 34.3 Å². The molecule has 88 valence electrons. The number of halogens is 1. The minimum Gasteiger partial charge on any atom is -0.381 e. The van der Waals surface area contributed by atoms with Gasteiger partial charge in [0.2, 0.25) is 0 Å². The van der Waals surface area contributed by atoms with E-state index >= 15 is 0 Å². The molecule has 1 saturated heterocycles. The fraction of sp³-hybridized carbons (Fsp3) is 0.538. The first-order valence-corrected chi connectivity index (χ1v) is 6.15. The zero-order valence-corrected chi connectivity index (χ0v) is 10.3. The number of nitrogens with two attached hydrogens (primary N) is 1. The van der Waals surface area contributed by atoms with E-state index in [0.29, 0.717) is 5.92 Å². The van der Waals surface area contributed by atoms with Gasteiger partial charge < -0.3 is 10.5 Å². The molecule has 1 fully saturated rings. The van der Waals surface area contributed by atoms with Crippen molar-refractivity contribution in [2.75, 3.05) is 13.2 Å². The number of benzene rings is 1. The van der Waals surface area contributed by atoms with Gasteiger partial charge in [0, 0.05) is 24.3 Å². The van der Waals surface area contributed by atoms with Crippen LogP contribution in [0.25, 0.3) is 0 Å². The van der Waals surface area contributed by atoms with Gasteiger partial charge in [0.1, 0.15) is 0 Å². The lowest BCUT2D eigenvalue weighted by Crippen LogP contribution is -2.27. The minimum absolute atomic E-state index is 0.0852. The maximum Gasteiger partial charge on any atom is 0.0469 e. The van der Waals surface area contributed by atoms with Crippen molar-refractivity contribution < 1.29 is 4.74 Å². The van der Waals surface area contributed by atoms with Crippen molar-refractivity contribution in [2.24, 2.45) is 11.7 Å². The lowest BCUT2D eigenvalue weighted by Gasteiger charge is -2.28. The predicted molar refractivity (Wildman–Crippen MR) is 66.7 cm³/mol. The molecule has 2 N–H and O–H groups in total. The molecule has 0 unspecified atom stereocenters. The van der Waals surface area contributed by atoms with E-state index in [1.807, 2.05) is 19.1 Å². The molecule has 2 rings (SSSR count). The number of aryl methyl sites for hydroxylation is 1. The fourth-order valence-corrected chi connectivity index (χ4v) is 2.35. The topological polar surface area (TPSA) is 35.2 Å². The van der Waals surface area contributed by atoms with Gasteiger partial charge in [-0.1, -0.05) is 23.7 Å². The van der Waals surface area contributed by atoms with Crippen molar-refractivity contribution in [3.8, 4) is 0 Å². The molecule has 2 nitrogen and oxygen atoms in total. The Labute approximate surface area is 102 Å². The second-order valence-electron chi connectivity index (χ2n) is 4.48. The number of hydrogen-bond donors (Lipinski definition) is 1. The zero-order valence-electron chi connectivity index (χ0n) is 9.58. The lowest BCUT2D eigenvalue weighted by atomic mass is 9.87. The van der Waals surface area contributed by atoms with Gasteiger partial charge in [-0.2, -0.15) is 0 Å². The molecule has 1 aromatic carbocycles. The quantitative estimate of drug-likeness (QED) is 0.861. The molecule has 0 aromatic heterocycles. The minimum atomic E-state index is 0.0852. The highest BCUT2D eigenvalue weighted by molar-refractivity contribution is 6.31. The summed E-state index contributed by atoms with van der Waals surface area (Å²) in [6.07, 6.45) is 2.10. The van der Waals surface area contributed by atoms with Crippen LogP contribution in [0.4, 0.5) is 0 Å². The van der Waals surface area contributed by atoms with E-state index in [9.17, 15) is 0 Å². The molecule has 3 heteroatoms. The first kappa shape index (κ1) is 11.9.